The maximum Gasteiger partial charge on any atom is 0.255 e. The number of benzene rings is 1. The number of anilines is 1. The van der Waals surface area contributed by atoms with Crippen LogP contribution in [0, 0.1) is 5.92 Å². The van der Waals surface area contributed by atoms with Crippen LogP contribution in [-0.2, 0) is 0 Å². The van der Waals surface area contributed by atoms with Crippen molar-refractivity contribution in [3.8, 4) is 5.75 Å². The van der Waals surface area contributed by atoms with Crippen LogP contribution < -0.4 is 15.8 Å². The molecular weight excluding hydrogens is 264 g/mol. The lowest BCUT2D eigenvalue weighted by molar-refractivity contribution is 0.0848. The van der Waals surface area contributed by atoms with E-state index in [1.807, 2.05) is 6.92 Å². The van der Waals surface area contributed by atoms with E-state index in [4.69, 9.17) is 10.5 Å². The maximum absolute atomic E-state index is 12.1. The molecule has 1 aromatic rings. The number of rotatable bonds is 5. The maximum atomic E-state index is 12.1. The molecule has 0 aromatic heterocycles. The SMILES string of the molecule is CCNC(=O)c1ccc(N)cc1OC1CCCCC1CC. The zero-order chi connectivity index (χ0) is 15.2. The second-order valence-electron chi connectivity index (χ2n) is 5.72. The molecular formula is C17H26N2O2. The van der Waals surface area contributed by atoms with Crippen LogP contribution in [0.1, 0.15) is 56.3 Å². The van der Waals surface area contributed by atoms with Crippen LogP contribution in [-0.4, -0.2) is 18.6 Å². The summed E-state index contributed by atoms with van der Waals surface area (Å²) in [4.78, 5) is 12.1. The first kappa shape index (κ1) is 15.7. The molecule has 1 amide bonds. The van der Waals surface area contributed by atoms with Crippen molar-refractivity contribution in [2.24, 2.45) is 5.92 Å². The smallest absolute Gasteiger partial charge is 0.255 e. The number of carbonyl (C=O) groups excluding carboxylic acids is 1. The number of nitrogens with one attached hydrogen (secondary N) is 1. The van der Waals surface area contributed by atoms with E-state index in [2.05, 4.69) is 12.2 Å². The molecule has 2 unspecified atom stereocenters. The molecule has 1 aliphatic carbocycles. The van der Waals surface area contributed by atoms with Gasteiger partial charge in [-0.1, -0.05) is 13.3 Å². The molecule has 0 heterocycles. The zero-order valence-electron chi connectivity index (χ0n) is 13.0. The Hall–Kier alpha value is -1.71. The molecule has 116 valence electrons. The van der Waals surface area contributed by atoms with Crippen LogP contribution in [0.15, 0.2) is 18.2 Å². The molecule has 0 spiro atoms. The molecule has 0 radical (unpaired) electrons. The lowest BCUT2D eigenvalue weighted by Gasteiger charge is -2.31. The number of hydrogen-bond acceptors (Lipinski definition) is 3. The fourth-order valence-electron chi connectivity index (χ4n) is 3.04. The summed E-state index contributed by atoms with van der Waals surface area (Å²) in [5.41, 5.74) is 7.06. The van der Waals surface area contributed by atoms with Crippen molar-refractivity contribution in [2.75, 3.05) is 12.3 Å². The molecule has 0 saturated heterocycles. The van der Waals surface area contributed by atoms with Gasteiger partial charge in [0.15, 0.2) is 0 Å². The van der Waals surface area contributed by atoms with Crippen molar-refractivity contribution in [3.05, 3.63) is 23.8 Å². The van der Waals surface area contributed by atoms with E-state index in [1.54, 1.807) is 18.2 Å². The number of nitrogens with two attached hydrogens (primary N) is 1. The Labute approximate surface area is 127 Å². The molecule has 2 rings (SSSR count). The lowest BCUT2D eigenvalue weighted by atomic mass is 9.84. The fourth-order valence-corrected chi connectivity index (χ4v) is 3.04. The Balaban J connectivity index is 2.21. The van der Waals surface area contributed by atoms with Gasteiger partial charge in [0.2, 0.25) is 0 Å². The van der Waals surface area contributed by atoms with E-state index in [0.717, 1.165) is 12.8 Å². The molecule has 1 fully saturated rings. The number of amides is 1. The molecule has 0 bridgehead atoms. The highest BCUT2D eigenvalue weighted by molar-refractivity contribution is 5.97. The zero-order valence-corrected chi connectivity index (χ0v) is 13.0. The van der Waals surface area contributed by atoms with Crippen LogP contribution in [0.3, 0.4) is 0 Å². The van der Waals surface area contributed by atoms with Gasteiger partial charge in [-0.15, -0.1) is 0 Å². The van der Waals surface area contributed by atoms with Crippen LogP contribution in [0.2, 0.25) is 0 Å². The first-order valence-corrected chi connectivity index (χ1v) is 8.00. The third-order valence-corrected chi connectivity index (χ3v) is 4.23. The second kappa shape index (κ2) is 7.34. The predicted octanol–water partition coefficient (Wildman–Crippen LogP) is 3.37. The average Bonchev–Trinajstić information content (AvgIpc) is 2.48. The van der Waals surface area contributed by atoms with Crippen molar-refractivity contribution < 1.29 is 9.53 Å². The van der Waals surface area contributed by atoms with Gasteiger partial charge in [-0.05, 0) is 50.7 Å². The predicted molar refractivity (Wildman–Crippen MR) is 85.5 cm³/mol. The van der Waals surface area contributed by atoms with Crippen molar-refractivity contribution in [2.45, 2.75) is 52.1 Å². The summed E-state index contributed by atoms with van der Waals surface area (Å²) in [6.07, 6.45) is 6.04. The van der Waals surface area contributed by atoms with Crippen molar-refractivity contribution in [1.82, 2.24) is 5.32 Å². The van der Waals surface area contributed by atoms with Crippen LogP contribution in [0.5, 0.6) is 5.75 Å². The number of nitrogen functional groups attached to an aromatic ring is 1. The molecule has 4 heteroatoms. The molecule has 1 aromatic carbocycles. The number of hydrogen-bond donors (Lipinski definition) is 2. The minimum absolute atomic E-state index is 0.101. The van der Waals surface area contributed by atoms with E-state index < -0.39 is 0 Å². The molecule has 3 N–H and O–H groups in total. The minimum atomic E-state index is -0.101. The van der Waals surface area contributed by atoms with Gasteiger partial charge in [0.1, 0.15) is 11.9 Å². The van der Waals surface area contributed by atoms with Gasteiger partial charge < -0.3 is 15.8 Å². The first-order valence-electron chi connectivity index (χ1n) is 8.00. The van der Waals surface area contributed by atoms with Gasteiger partial charge in [0.05, 0.1) is 5.56 Å². The van der Waals surface area contributed by atoms with Gasteiger partial charge in [-0.3, -0.25) is 4.79 Å². The molecule has 1 aliphatic rings. The highest BCUT2D eigenvalue weighted by Crippen LogP contribution is 2.32. The van der Waals surface area contributed by atoms with E-state index in [0.29, 0.717) is 29.5 Å². The van der Waals surface area contributed by atoms with Gasteiger partial charge in [-0.25, -0.2) is 0 Å². The fraction of sp³-hybridized carbons (Fsp3) is 0.588. The second-order valence-corrected chi connectivity index (χ2v) is 5.72. The number of ether oxygens (including phenoxy) is 1. The van der Waals surface area contributed by atoms with Crippen molar-refractivity contribution in [3.63, 3.8) is 0 Å². The van der Waals surface area contributed by atoms with Gasteiger partial charge >= 0.3 is 0 Å². The normalized spacial score (nSPS) is 21.8. The van der Waals surface area contributed by atoms with E-state index in [1.165, 1.54) is 19.3 Å². The highest BCUT2D eigenvalue weighted by Gasteiger charge is 2.26. The van der Waals surface area contributed by atoms with Gasteiger partial charge in [0.25, 0.3) is 5.91 Å². The summed E-state index contributed by atoms with van der Waals surface area (Å²) < 4.78 is 6.20. The Bertz CT molecular complexity index is 488. The Morgan fingerprint density at radius 3 is 2.81 bits per heavy atom. The summed E-state index contributed by atoms with van der Waals surface area (Å²) in [5.74, 6) is 1.09. The van der Waals surface area contributed by atoms with Crippen LogP contribution >= 0.6 is 0 Å². The number of carbonyl (C=O) groups is 1. The third kappa shape index (κ3) is 3.90. The van der Waals surface area contributed by atoms with Crippen molar-refractivity contribution >= 4 is 11.6 Å². The summed E-state index contributed by atoms with van der Waals surface area (Å²) in [5, 5.41) is 2.82. The molecule has 21 heavy (non-hydrogen) atoms. The standard InChI is InChI=1S/C17H26N2O2/c1-3-12-7-5-6-8-15(12)21-16-11-13(18)9-10-14(16)17(20)19-4-2/h9-12,15H,3-8,18H2,1-2H3,(H,19,20). The summed E-state index contributed by atoms with van der Waals surface area (Å²) in [7, 11) is 0. The van der Waals surface area contributed by atoms with E-state index in [-0.39, 0.29) is 12.0 Å². The Morgan fingerprint density at radius 1 is 1.33 bits per heavy atom. The third-order valence-electron chi connectivity index (χ3n) is 4.23. The minimum Gasteiger partial charge on any atom is -0.489 e. The summed E-state index contributed by atoms with van der Waals surface area (Å²) in [6, 6.07) is 5.26. The van der Waals surface area contributed by atoms with Crippen LogP contribution in [0.4, 0.5) is 5.69 Å². The molecule has 4 nitrogen and oxygen atoms in total. The van der Waals surface area contributed by atoms with E-state index in [9.17, 15) is 4.79 Å². The average molecular weight is 290 g/mol. The van der Waals surface area contributed by atoms with Crippen molar-refractivity contribution in [1.29, 1.82) is 0 Å². The van der Waals surface area contributed by atoms with Crippen LogP contribution in [0.25, 0.3) is 0 Å². The lowest BCUT2D eigenvalue weighted by Crippen LogP contribution is -2.31. The first-order chi connectivity index (χ1) is 10.2. The molecule has 1 saturated carbocycles. The molecule has 2 atom stereocenters. The summed E-state index contributed by atoms with van der Waals surface area (Å²) in [6.45, 7) is 4.71. The van der Waals surface area contributed by atoms with Gasteiger partial charge in [0, 0.05) is 18.3 Å². The van der Waals surface area contributed by atoms with E-state index >= 15 is 0 Å². The Morgan fingerprint density at radius 2 is 2.10 bits per heavy atom. The molecule has 0 aliphatic heterocycles. The van der Waals surface area contributed by atoms with Gasteiger partial charge in [-0.2, -0.15) is 0 Å². The monoisotopic (exact) mass is 290 g/mol. The quantitative estimate of drug-likeness (QED) is 0.817. The topological polar surface area (TPSA) is 64.4 Å². The largest absolute Gasteiger partial charge is 0.489 e. The Kier molecular flexibility index (Phi) is 5.48. The summed E-state index contributed by atoms with van der Waals surface area (Å²) >= 11 is 0. The highest BCUT2D eigenvalue weighted by atomic mass is 16.5.